The van der Waals surface area contributed by atoms with E-state index in [0.717, 1.165) is 19.6 Å². The summed E-state index contributed by atoms with van der Waals surface area (Å²) in [5, 5.41) is 0.847. The molecule has 0 aliphatic heterocycles. The third kappa shape index (κ3) is 1.95. The molecule has 2 nitrogen and oxygen atoms in total. The van der Waals surface area contributed by atoms with E-state index in [1.165, 1.54) is 0 Å². The number of hydrogen-bond donors (Lipinski definition) is 0. The Kier molecular flexibility index (Phi) is 2.63. The zero-order valence-electron chi connectivity index (χ0n) is 8.96. The minimum atomic E-state index is 0.104. The van der Waals surface area contributed by atoms with Gasteiger partial charge in [0, 0.05) is 0 Å². The van der Waals surface area contributed by atoms with Gasteiger partial charge in [0.15, 0.2) is 0 Å². The summed E-state index contributed by atoms with van der Waals surface area (Å²) >= 11 is 0.188. The fourth-order valence-electron chi connectivity index (χ4n) is 1.75. The van der Waals surface area contributed by atoms with Crippen molar-refractivity contribution in [1.29, 1.82) is 0 Å². The van der Waals surface area contributed by atoms with Crippen LogP contribution in [0, 0.1) is 0 Å². The van der Waals surface area contributed by atoms with Crippen molar-refractivity contribution >= 4 is 24.1 Å². The average Bonchev–Trinajstić information content (AvgIpc) is 2.40. The topological polar surface area (TPSA) is 30.0 Å². The Morgan fingerprint density at radius 2 is 1.94 bits per heavy atom. The van der Waals surface area contributed by atoms with Gasteiger partial charge in [-0.25, -0.2) is 0 Å². The molecule has 0 N–H and O–H groups in total. The summed E-state index contributed by atoms with van der Waals surface area (Å²) in [6, 6.07) is 13.5. The van der Waals surface area contributed by atoms with Gasteiger partial charge in [0.05, 0.1) is 0 Å². The van der Waals surface area contributed by atoms with E-state index in [9.17, 15) is 4.79 Å². The summed E-state index contributed by atoms with van der Waals surface area (Å²) in [5.74, 6) is 0. The quantitative estimate of drug-likeness (QED) is 0.643. The van der Waals surface area contributed by atoms with Crippen LogP contribution in [0.2, 0.25) is 0 Å². The molecule has 0 fully saturated rings. The van der Waals surface area contributed by atoms with Crippen LogP contribution >= 0.6 is 0 Å². The van der Waals surface area contributed by atoms with E-state index < -0.39 is 0 Å². The zero-order chi connectivity index (χ0) is 11.7. The molecule has 0 aliphatic carbocycles. The SMILES string of the molecule is O=c1cc(-c2cccnc2)[se]c2ccccc12. The van der Waals surface area contributed by atoms with E-state index in [4.69, 9.17) is 0 Å². The molecule has 3 rings (SSSR count). The van der Waals surface area contributed by atoms with Gasteiger partial charge in [0.1, 0.15) is 0 Å². The minimum absolute atomic E-state index is 0.104. The molecule has 0 unspecified atom stereocenters. The van der Waals surface area contributed by atoms with Gasteiger partial charge in [-0.3, -0.25) is 0 Å². The van der Waals surface area contributed by atoms with Crippen LogP contribution in [0.5, 0.6) is 0 Å². The summed E-state index contributed by atoms with van der Waals surface area (Å²) in [4.78, 5) is 16.1. The summed E-state index contributed by atoms with van der Waals surface area (Å²) in [6.45, 7) is 0. The van der Waals surface area contributed by atoms with Crippen LogP contribution in [-0.4, -0.2) is 19.5 Å². The predicted octanol–water partition coefficient (Wildman–Crippen LogP) is 2.32. The van der Waals surface area contributed by atoms with Crippen LogP contribution < -0.4 is 5.43 Å². The Hall–Kier alpha value is -1.70. The Morgan fingerprint density at radius 3 is 2.76 bits per heavy atom. The van der Waals surface area contributed by atoms with Gasteiger partial charge in [0.25, 0.3) is 0 Å². The van der Waals surface area contributed by atoms with E-state index in [1.807, 2.05) is 42.6 Å². The van der Waals surface area contributed by atoms with Crippen molar-refractivity contribution in [3.63, 3.8) is 0 Å². The van der Waals surface area contributed by atoms with Crippen molar-refractivity contribution < 1.29 is 0 Å². The third-order valence-corrected chi connectivity index (χ3v) is 4.99. The molecular weight excluding hydrogens is 277 g/mol. The Balaban J connectivity index is 2.30. The van der Waals surface area contributed by atoms with Crippen LogP contribution in [0.25, 0.3) is 19.6 Å². The van der Waals surface area contributed by atoms with E-state index >= 15 is 0 Å². The first kappa shape index (κ1) is 10.5. The van der Waals surface area contributed by atoms with E-state index in [2.05, 4.69) is 4.98 Å². The average molecular weight is 286 g/mol. The van der Waals surface area contributed by atoms with E-state index in [1.54, 1.807) is 12.3 Å². The van der Waals surface area contributed by atoms with E-state index in [0.29, 0.717) is 0 Å². The molecule has 2 heterocycles. The molecule has 0 aliphatic rings. The Bertz CT molecular complexity index is 719. The predicted molar refractivity (Wildman–Crippen MR) is 70.4 cm³/mol. The summed E-state index contributed by atoms with van der Waals surface area (Å²) in [5.41, 5.74) is 1.16. The molecular formula is C14H9NOSe. The van der Waals surface area contributed by atoms with Gasteiger partial charge >= 0.3 is 104 Å². The number of nitrogens with zero attached hydrogens (tertiary/aromatic N) is 1. The van der Waals surface area contributed by atoms with Crippen LogP contribution in [0.4, 0.5) is 0 Å². The van der Waals surface area contributed by atoms with Gasteiger partial charge in [-0.05, 0) is 0 Å². The van der Waals surface area contributed by atoms with Crippen molar-refractivity contribution in [3.05, 3.63) is 65.1 Å². The molecule has 0 amide bonds. The van der Waals surface area contributed by atoms with Crippen LogP contribution in [0.15, 0.2) is 59.7 Å². The molecule has 0 radical (unpaired) electrons. The molecule has 0 saturated heterocycles. The van der Waals surface area contributed by atoms with Crippen LogP contribution in [0.3, 0.4) is 0 Å². The van der Waals surface area contributed by atoms with Crippen molar-refractivity contribution in [1.82, 2.24) is 4.98 Å². The number of fused-ring (bicyclic) bond motifs is 1. The fourth-order valence-corrected chi connectivity index (χ4v) is 3.99. The first-order chi connectivity index (χ1) is 8.34. The molecule has 2 aromatic heterocycles. The van der Waals surface area contributed by atoms with E-state index in [-0.39, 0.29) is 19.9 Å². The second-order valence-electron chi connectivity index (χ2n) is 3.71. The number of rotatable bonds is 1. The van der Waals surface area contributed by atoms with Crippen LogP contribution in [-0.2, 0) is 0 Å². The van der Waals surface area contributed by atoms with Gasteiger partial charge < -0.3 is 0 Å². The molecule has 17 heavy (non-hydrogen) atoms. The number of aromatic nitrogens is 1. The second-order valence-corrected chi connectivity index (χ2v) is 5.99. The molecule has 3 heteroatoms. The van der Waals surface area contributed by atoms with Gasteiger partial charge in [0.2, 0.25) is 0 Å². The van der Waals surface area contributed by atoms with Crippen molar-refractivity contribution in [2.45, 2.75) is 0 Å². The zero-order valence-corrected chi connectivity index (χ0v) is 10.7. The molecule has 0 saturated carbocycles. The monoisotopic (exact) mass is 287 g/mol. The number of hydrogen-bond acceptors (Lipinski definition) is 2. The molecule has 0 bridgehead atoms. The molecule has 0 spiro atoms. The van der Waals surface area contributed by atoms with Crippen molar-refractivity contribution in [2.75, 3.05) is 0 Å². The maximum atomic E-state index is 12.0. The van der Waals surface area contributed by atoms with Gasteiger partial charge in [-0.1, -0.05) is 0 Å². The maximum absolute atomic E-state index is 12.0. The first-order valence-electron chi connectivity index (χ1n) is 5.28. The molecule has 3 aromatic rings. The number of pyridine rings is 1. The summed E-state index contributed by atoms with van der Waals surface area (Å²) < 4.78 is 2.26. The number of benzene rings is 1. The normalized spacial score (nSPS) is 10.6. The third-order valence-electron chi connectivity index (χ3n) is 2.58. The van der Waals surface area contributed by atoms with Crippen molar-refractivity contribution in [3.8, 4) is 10.0 Å². The van der Waals surface area contributed by atoms with Gasteiger partial charge in [-0.2, -0.15) is 0 Å². The standard InChI is InChI=1S/C14H9NOSe/c16-12-8-14(10-4-3-7-15-9-10)17-13-6-2-1-5-11(12)13/h1-9H. The molecule has 82 valence electrons. The van der Waals surface area contributed by atoms with Crippen molar-refractivity contribution in [2.24, 2.45) is 0 Å². The first-order valence-corrected chi connectivity index (χ1v) is 6.99. The molecule has 0 atom stereocenters. The Labute approximate surface area is 104 Å². The second kappa shape index (κ2) is 4.28. The summed E-state index contributed by atoms with van der Waals surface area (Å²) in [6.07, 6.45) is 3.56. The molecule has 1 aromatic carbocycles. The van der Waals surface area contributed by atoms with Gasteiger partial charge in [-0.15, -0.1) is 0 Å². The van der Waals surface area contributed by atoms with Crippen LogP contribution in [0.1, 0.15) is 0 Å². The fraction of sp³-hybridized carbons (Fsp3) is 0. The summed E-state index contributed by atoms with van der Waals surface area (Å²) in [7, 11) is 0. The Morgan fingerprint density at radius 1 is 1.06 bits per heavy atom.